The SMILES string of the molecule is CCN(CCNC1CCCc2cc(OC)ccc21)C1CC1. The van der Waals surface area contributed by atoms with E-state index in [-0.39, 0.29) is 0 Å². The second-order valence-corrected chi connectivity index (χ2v) is 6.32. The van der Waals surface area contributed by atoms with E-state index in [1.54, 1.807) is 7.11 Å². The number of hydrogen-bond acceptors (Lipinski definition) is 3. The van der Waals surface area contributed by atoms with Crippen molar-refractivity contribution in [1.29, 1.82) is 0 Å². The van der Waals surface area contributed by atoms with Gasteiger partial charge in [0.2, 0.25) is 0 Å². The monoisotopic (exact) mass is 288 g/mol. The maximum atomic E-state index is 5.35. The van der Waals surface area contributed by atoms with Gasteiger partial charge in [-0.3, -0.25) is 4.90 Å². The van der Waals surface area contributed by atoms with Crippen molar-refractivity contribution < 1.29 is 4.74 Å². The molecule has 1 unspecified atom stereocenters. The van der Waals surface area contributed by atoms with Crippen molar-refractivity contribution in [2.24, 2.45) is 0 Å². The van der Waals surface area contributed by atoms with Gasteiger partial charge in [0.1, 0.15) is 5.75 Å². The molecular weight excluding hydrogens is 260 g/mol. The van der Waals surface area contributed by atoms with Gasteiger partial charge >= 0.3 is 0 Å². The molecule has 3 heteroatoms. The minimum absolute atomic E-state index is 0.526. The molecule has 116 valence electrons. The lowest BCUT2D eigenvalue weighted by Crippen LogP contribution is -2.36. The zero-order valence-corrected chi connectivity index (χ0v) is 13.4. The van der Waals surface area contributed by atoms with Crippen LogP contribution < -0.4 is 10.1 Å². The Kier molecular flexibility index (Phi) is 4.81. The van der Waals surface area contributed by atoms with E-state index >= 15 is 0 Å². The first kappa shape index (κ1) is 14.9. The van der Waals surface area contributed by atoms with Crippen molar-refractivity contribution in [2.75, 3.05) is 26.7 Å². The van der Waals surface area contributed by atoms with Crippen LogP contribution in [-0.4, -0.2) is 37.7 Å². The third-order valence-electron chi connectivity index (χ3n) is 4.92. The first-order valence-corrected chi connectivity index (χ1v) is 8.46. The maximum Gasteiger partial charge on any atom is 0.119 e. The molecule has 1 fully saturated rings. The number of fused-ring (bicyclic) bond motifs is 1. The van der Waals surface area contributed by atoms with Gasteiger partial charge in [-0.05, 0) is 61.9 Å². The zero-order chi connectivity index (χ0) is 14.7. The Bertz CT molecular complexity index is 470. The Morgan fingerprint density at radius 2 is 2.14 bits per heavy atom. The number of nitrogens with zero attached hydrogens (tertiary/aromatic N) is 1. The summed E-state index contributed by atoms with van der Waals surface area (Å²) in [6.45, 7) is 5.74. The quantitative estimate of drug-likeness (QED) is 0.834. The summed E-state index contributed by atoms with van der Waals surface area (Å²) in [6.07, 6.45) is 6.53. The molecule has 21 heavy (non-hydrogen) atoms. The number of methoxy groups -OCH3 is 1. The molecule has 1 aromatic rings. The largest absolute Gasteiger partial charge is 0.497 e. The van der Waals surface area contributed by atoms with Crippen LogP contribution in [0, 0.1) is 0 Å². The lowest BCUT2D eigenvalue weighted by atomic mass is 9.87. The molecule has 2 aliphatic rings. The van der Waals surface area contributed by atoms with Crippen molar-refractivity contribution in [1.82, 2.24) is 10.2 Å². The standard InChI is InChI=1S/C18H28N2O/c1-3-20(15-7-8-15)12-11-19-18-6-4-5-14-13-16(21-2)9-10-17(14)18/h9-10,13,15,18-19H,3-8,11-12H2,1-2H3. The van der Waals surface area contributed by atoms with Gasteiger partial charge in [-0.15, -0.1) is 0 Å². The van der Waals surface area contributed by atoms with E-state index in [1.165, 1.54) is 56.3 Å². The molecule has 1 N–H and O–H groups in total. The second-order valence-electron chi connectivity index (χ2n) is 6.32. The fourth-order valence-corrected chi connectivity index (χ4v) is 3.55. The average molecular weight is 288 g/mol. The van der Waals surface area contributed by atoms with E-state index in [1.807, 2.05) is 0 Å². The Labute approximate surface area is 128 Å². The molecule has 3 nitrogen and oxygen atoms in total. The zero-order valence-electron chi connectivity index (χ0n) is 13.4. The molecule has 0 amide bonds. The molecule has 3 rings (SSSR count). The van der Waals surface area contributed by atoms with Crippen molar-refractivity contribution >= 4 is 0 Å². The van der Waals surface area contributed by atoms with Crippen LogP contribution in [-0.2, 0) is 6.42 Å². The Hall–Kier alpha value is -1.06. The molecule has 0 saturated heterocycles. The number of likely N-dealkylation sites (N-methyl/N-ethyl adjacent to an activating group) is 1. The van der Waals surface area contributed by atoms with Crippen LogP contribution in [0.3, 0.4) is 0 Å². The molecule has 0 heterocycles. The van der Waals surface area contributed by atoms with Crippen LogP contribution in [0.4, 0.5) is 0 Å². The Balaban J connectivity index is 1.57. The summed E-state index contributed by atoms with van der Waals surface area (Å²) in [5.74, 6) is 0.986. The van der Waals surface area contributed by atoms with Gasteiger partial charge in [0.25, 0.3) is 0 Å². The smallest absolute Gasteiger partial charge is 0.119 e. The summed E-state index contributed by atoms with van der Waals surface area (Å²) < 4.78 is 5.35. The molecule has 1 aromatic carbocycles. The normalized spacial score (nSPS) is 21.4. The van der Waals surface area contributed by atoms with Gasteiger partial charge in [0.15, 0.2) is 0 Å². The number of rotatable bonds is 7. The summed E-state index contributed by atoms with van der Waals surface area (Å²) in [4.78, 5) is 2.62. The number of benzene rings is 1. The fraction of sp³-hybridized carbons (Fsp3) is 0.667. The highest BCUT2D eigenvalue weighted by Gasteiger charge is 2.27. The number of ether oxygens (including phenoxy) is 1. The number of nitrogens with one attached hydrogen (secondary N) is 1. The van der Waals surface area contributed by atoms with Crippen LogP contribution in [0.1, 0.15) is 49.8 Å². The molecule has 0 spiro atoms. The van der Waals surface area contributed by atoms with Gasteiger partial charge in [0.05, 0.1) is 7.11 Å². The molecule has 1 saturated carbocycles. The van der Waals surface area contributed by atoms with Crippen molar-refractivity contribution in [3.05, 3.63) is 29.3 Å². The summed E-state index contributed by atoms with van der Waals surface area (Å²) in [5, 5.41) is 3.78. The second kappa shape index (κ2) is 6.80. The highest BCUT2D eigenvalue weighted by Crippen LogP contribution is 2.32. The molecule has 1 atom stereocenters. The number of aryl methyl sites for hydroxylation is 1. The summed E-state index contributed by atoms with van der Waals surface area (Å²) in [6, 6.07) is 7.97. The lowest BCUT2D eigenvalue weighted by Gasteiger charge is -2.28. The van der Waals surface area contributed by atoms with Crippen molar-refractivity contribution in [3.63, 3.8) is 0 Å². The van der Waals surface area contributed by atoms with Gasteiger partial charge in [-0.2, -0.15) is 0 Å². The van der Waals surface area contributed by atoms with E-state index in [2.05, 4.69) is 35.3 Å². The Morgan fingerprint density at radius 1 is 1.29 bits per heavy atom. The predicted octanol–water partition coefficient (Wildman–Crippen LogP) is 3.15. The summed E-state index contributed by atoms with van der Waals surface area (Å²) in [5.41, 5.74) is 2.95. The molecule has 2 aliphatic carbocycles. The van der Waals surface area contributed by atoms with E-state index in [0.717, 1.165) is 18.3 Å². The highest BCUT2D eigenvalue weighted by molar-refractivity contribution is 5.39. The van der Waals surface area contributed by atoms with E-state index in [4.69, 9.17) is 4.74 Å². The third-order valence-corrected chi connectivity index (χ3v) is 4.92. The molecule has 0 radical (unpaired) electrons. The van der Waals surface area contributed by atoms with Crippen LogP contribution in [0.5, 0.6) is 5.75 Å². The van der Waals surface area contributed by atoms with E-state index in [0.29, 0.717) is 6.04 Å². The molecule has 0 aliphatic heterocycles. The van der Waals surface area contributed by atoms with Crippen LogP contribution in [0.25, 0.3) is 0 Å². The van der Waals surface area contributed by atoms with Crippen LogP contribution in [0.2, 0.25) is 0 Å². The molecule has 0 aromatic heterocycles. The predicted molar refractivity (Wildman–Crippen MR) is 86.9 cm³/mol. The van der Waals surface area contributed by atoms with E-state index < -0.39 is 0 Å². The van der Waals surface area contributed by atoms with Crippen LogP contribution >= 0.6 is 0 Å². The lowest BCUT2D eigenvalue weighted by molar-refractivity contribution is 0.269. The minimum atomic E-state index is 0.526. The summed E-state index contributed by atoms with van der Waals surface area (Å²) in [7, 11) is 1.75. The highest BCUT2D eigenvalue weighted by atomic mass is 16.5. The maximum absolute atomic E-state index is 5.35. The third kappa shape index (κ3) is 3.58. The molecule has 0 bridgehead atoms. The van der Waals surface area contributed by atoms with Crippen molar-refractivity contribution in [2.45, 2.75) is 51.1 Å². The Morgan fingerprint density at radius 3 is 2.86 bits per heavy atom. The van der Waals surface area contributed by atoms with Gasteiger partial charge < -0.3 is 10.1 Å². The fourth-order valence-electron chi connectivity index (χ4n) is 3.55. The topological polar surface area (TPSA) is 24.5 Å². The number of hydrogen-bond donors (Lipinski definition) is 1. The summed E-state index contributed by atoms with van der Waals surface area (Å²) >= 11 is 0. The van der Waals surface area contributed by atoms with E-state index in [9.17, 15) is 0 Å². The first-order valence-electron chi connectivity index (χ1n) is 8.46. The van der Waals surface area contributed by atoms with Crippen LogP contribution in [0.15, 0.2) is 18.2 Å². The van der Waals surface area contributed by atoms with Gasteiger partial charge in [-0.1, -0.05) is 13.0 Å². The van der Waals surface area contributed by atoms with Gasteiger partial charge in [0, 0.05) is 25.2 Å². The first-order chi connectivity index (χ1) is 10.3. The van der Waals surface area contributed by atoms with Gasteiger partial charge in [-0.25, -0.2) is 0 Å². The van der Waals surface area contributed by atoms with Crippen molar-refractivity contribution in [3.8, 4) is 5.75 Å². The minimum Gasteiger partial charge on any atom is -0.497 e. The molecular formula is C18H28N2O. The average Bonchev–Trinajstić information content (AvgIpc) is 3.36.